The first-order valence-corrected chi connectivity index (χ1v) is 8.92. The molecule has 0 spiro atoms. The first-order valence-electron chi connectivity index (χ1n) is 8.92. The maximum absolute atomic E-state index is 12.4. The Labute approximate surface area is 166 Å². The summed E-state index contributed by atoms with van der Waals surface area (Å²) < 4.78 is 4.86. The number of rotatable bonds is 6. The summed E-state index contributed by atoms with van der Waals surface area (Å²) in [5.41, 5.74) is 9.04. The lowest BCUT2D eigenvalue weighted by molar-refractivity contribution is -0.385. The van der Waals surface area contributed by atoms with Gasteiger partial charge in [0.2, 0.25) is 0 Å². The molecule has 0 saturated heterocycles. The molecular formula is C20H20N4O5. The average Bonchev–Trinajstić information content (AvgIpc) is 2.98. The number of nitro groups is 1. The Hall–Kier alpha value is -3.88. The second-order valence-corrected chi connectivity index (χ2v) is 6.47. The zero-order chi connectivity index (χ0) is 21.1. The molecular weight excluding hydrogens is 376 g/mol. The van der Waals surface area contributed by atoms with Crippen molar-refractivity contribution in [3.05, 3.63) is 63.3 Å². The number of anilines is 3. The van der Waals surface area contributed by atoms with Crippen molar-refractivity contribution < 1.29 is 19.2 Å². The van der Waals surface area contributed by atoms with Crippen molar-refractivity contribution in [2.45, 2.75) is 20.3 Å². The molecule has 0 saturated carbocycles. The monoisotopic (exact) mass is 396 g/mol. The highest BCUT2D eigenvalue weighted by atomic mass is 16.6. The summed E-state index contributed by atoms with van der Waals surface area (Å²) >= 11 is 0. The highest BCUT2D eigenvalue weighted by molar-refractivity contribution is 6.32. The van der Waals surface area contributed by atoms with Gasteiger partial charge in [0.15, 0.2) is 0 Å². The molecule has 0 unspecified atom stereocenters. The first kappa shape index (κ1) is 19.9. The fourth-order valence-corrected chi connectivity index (χ4v) is 3.16. The highest BCUT2D eigenvalue weighted by Crippen LogP contribution is 2.35. The molecule has 150 valence electrons. The van der Waals surface area contributed by atoms with Crippen molar-refractivity contribution in [3.63, 3.8) is 0 Å². The fourth-order valence-electron chi connectivity index (χ4n) is 3.16. The van der Waals surface area contributed by atoms with Crippen LogP contribution in [-0.2, 0) is 20.7 Å². The standard InChI is InChI=1S/C20H20N4O5/c1-3-29-18(25)8-12-4-6-14(10-17(12)24(27)28)22-11(2)19-15-9-13(21)5-7-16(15)23-20(19)26/h4-7,9-10,22H,3,8,21H2,1-2H3,(H,23,26)/b19-11-. The Morgan fingerprint density at radius 3 is 2.72 bits per heavy atom. The van der Waals surface area contributed by atoms with Gasteiger partial charge >= 0.3 is 5.97 Å². The number of fused-ring (bicyclic) bond motifs is 1. The molecule has 0 aromatic heterocycles. The van der Waals surface area contributed by atoms with Gasteiger partial charge in [-0.25, -0.2) is 0 Å². The van der Waals surface area contributed by atoms with Gasteiger partial charge in [-0.15, -0.1) is 0 Å². The summed E-state index contributed by atoms with van der Waals surface area (Å²) in [6, 6.07) is 9.54. The van der Waals surface area contributed by atoms with Crippen molar-refractivity contribution in [1.82, 2.24) is 0 Å². The van der Waals surface area contributed by atoms with Gasteiger partial charge in [-0.05, 0) is 44.2 Å². The normalized spacial score (nSPS) is 14.1. The number of nitrogens with zero attached hydrogens (tertiary/aromatic N) is 1. The number of nitro benzene ring substituents is 1. The zero-order valence-electron chi connectivity index (χ0n) is 15.9. The van der Waals surface area contributed by atoms with Crippen LogP contribution < -0.4 is 16.4 Å². The molecule has 1 heterocycles. The number of allylic oxidation sites excluding steroid dienone is 1. The van der Waals surface area contributed by atoms with Gasteiger partial charge in [0, 0.05) is 40.0 Å². The van der Waals surface area contributed by atoms with Crippen LogP contribution in [0.3, 0.4) is 0 Å². The van der Waals surface area contributed by atoms with Gasteiger partial charge in [0.05, 0.1) is 23.5 Å². The van der Waals surface area contributed by atoms with Gasteiger partial charge < -0.3 is 21.1 Å². The van der Waals surface area contributed by atoms with Crippen LogP contribution in [0.15, 0.2) is 42.1 Å². The van der Waals surface area contributed by atoms with Crippen LogP contribution in [0.25, 0.3) is 5.57 Å². The lowest BCUT2D eigenvalue weighted by Gasteiger charge is -2.11. The van der Waals surface area contributed by atoms with E-state index in [9.17, 15) is 19.7 Å². The van der Waals surface area contributed by atoms with E-state index in [1.807, 2.05) is 0 Å². The van der Waals surface area contributed by atoms with Gasteiger partial charge in [-0.3, -0.25) is 19.7 Å². The van der Waals surface area contributed by atoms with Gasteiger partial charge in [-0.2, -0.15) is 0 Å². The van der Waals surface area contributed by atoms with Crippen LogP contribution in [0.5, 0.6) is 0 Å². The second kappa shape index (κ2) is 8.01. The fraction of sp³-hybridized carbons (Fsp3) is 0.200. The first-order chi connectivity index (χ1) is 13.8. The molecule has 1 amide bonds. The number of esters is 1. The zero-order valence-corrected chi connectivity index (χ0v) is 15.9. The average molecular weight is 396 g/mol. The van der Waals surface area contributed by atoms with E-state index < -0.39 is 10.9 Å². The molecule has 9 nitrogen and oxygen atoms in total. The lowest BCUT2D eigenvalue weighted by atomic mass is 10.0. The molecule has 0 radical (unpaired) electrons. The van der Waals surface area contributed by atoms with Crippen LogP contribution in [0.1, 0.15) is 25.0 Å². The minimum Gasteiger partial charge on any atom is -0.466 e. The maximum atomic E-state index is 12.4. The Morgan fingerprint density at radius 1 is 1.28 bits per heavy atom. The van der Waals surface area contributed by atoms with Crippen molar-refractivity contribution in [1.29, 1.82) is 0 Å². The highest BCUT2D eigenvalue weighted by Gasteiger charge is 2.27. The summed E-state index contributed by atoms with van der Waals surface area (Å²) in [6.07, 6.45) is -0.195. The minimum absolute atomic E-state index is 0.195. The Morgan fingerprint density at radius 2 is 2.03 bits per heavy atom. The number of nitrogens with one attached hydrogen (secondary N) is 2. The molecule has 0 atom stereocenters. The summed E-state index contributed by atoms with van der Waals surface area (Å²) in [4.78, 5) is 34.9. The molecule has 4 N–H and O–H groups in total. The molecule has 0 bridgehead atoms. The summed E-state index contributed by atoms with van der Waals surface area (Å²) in [5.74, 6) is -0.824. The molecule has 9 heteroatoms. The van der Waals surface area contributed by atoms with Crippen LogP contribution in [0.4, 0.5) is 22.7 Å². The molecule has 0 aliphatic carbocycles. The molecule has 0 fully saturated rings. The van der Waals surface area contributed by atoms with Gasteiger partial charge in [0.1, 0.15) is 0 Å². The number of carbonyl (C=O) groups is 2. The largest absolute Gasteiger partial charge is 0.466 e. The summed E-state index contributed by atoms with van der Waals surface area (Å²) in [5, 5.41) is 17.2. The predicted molar refractivity (Wildman–Crippen MR) is 109 cm³/mol. The quantitative estimate of drug-likeness (QED) is 0.224. The summed E-state index contributed by atoms with van der Waals surface area (Å²) in [6.45, 7) is 3.57. The lowest BCUT2D eigenvalue weighted by Crippen LogP contribution is -2.10. The van der Waals surface area contributed by atoms with Crippen LogP contribution in [0, 0.1) is 10.1 Å². The number of nitrogen functional groups attached to an aromatic ring is 1. The van der Waals surface area contributed by atoms with E-state index in [4.69, 9.17) is 10.5 Å². The van der Waals surface area contributed by atoms with Gasteiger partial charge in [-0.1, -0.05) is 0 Å². The molecule has 29 heavy (non-hydrogen) atoms. The van der Waals surface area contributed by atoms with Crippen LogP contribution >= 0.6 is 0 Å². The van der Waals surface area contributed by atoms with E-state index >= 15 is 0 Å². The van der Waals surface area contributed by atoms with Crippen molar-refractivity contribution >= 4 is 40.2 Å². The number of hydrogen-bond donors (Lipinski definition) is 3. The van der Waals surface area contributed by atoms with E-state index in [2.05, 4.69) is 10.6 Å². The third kappa shape index (κ3) is 4.18. The minimum atomic E-state index is -0.555. The van der Waals surface area contributed by atoms with E-state index in [0.717, 1.165) is 0 Å². The maximum Gasteiger partial charge on any atom is 0.310 e. The predicted octanol–water partition coefficient (Wildman–Crippen LogP) is 3.08. The third-order valence-electron chi connectivity index (χ3n) is 4.42. The molecule has 1 aliphatic heterocycles. The van der Waals surface area contributed by atoms with Crippen molar-refractivity contribution in [3.8, 4) is 0 Å². The number of nitrogens with two attached hydrogens (primary N) is 1. The second-order valence-electron chi connectivity index (χ2n) is 6.47. The topological polar surface area (TPSA) is 137 Å². The van der Waals surface area contributed by atoms with E-state index in [-0.39, 0.29) is 30.2 Å². The van der Waals surface area contributed by atoms with Crippen LogP contribution in [0.2, 0.25) is 0 Å². The van der Waals surface area contributed by atoms with E-state index in [1.54, 1.807) is 38.1 Å². The number of ether oxygens (including phenoxy) is 1. The molecule has 1 aliphatic rings. The Balaban J connectivity index is 1.92. The van der Waals surface area contributed by atoms with Gasteiger partial charge in [0.25, 0.3) is 11.6 Å². The number of hydrogen-bond acceptors (Lipinski definition) is 7. The van der Waals surface area contributed by atoms with E-state index in [0.29, 0.717) is 33.9 Å². The molecule has 3 rings (SSSR count). The van der Waals surface area contributed by atoms with Crippen molar-refractivity contribution in [2.75, 3.05) is 23.0 Å². The van der Waals surface area contributed by atoms with Crippen LogP contribution in [-0.4, -0.2) is 23.4 Å². The molecule has 2 aromatic rings. The number of amides is 1. The number of benzene rings is 2. The summed E-state index contributed by atoms with van der Waals surface area (Å²) in [7, 11) is 0. The van der Waals surface area contributed by atoms with E-state index in [1.165, 1.54) is 12.1 Å². The molecule has 2 aromatic carbocycles. The number of carbonyl (C=O) groups excluding carboxylic acids is 2. The van der Waals surface area contributed by atoms with Crippen molar-refractivity contribution in [2.24, 2.45) is 0 Å². The Bertz CT molecular complexity index is 1050. The third-order valence-corrected chi connectivity index (χ3v) is 4.42. The SMILES string of the molecule is CCOC(=O)Cc1ccc(N/C(C)=C2\C(=O)Nc3ccc(N)cc32)cc1[N+](=O)[O-]. The smallest absolute Gasteiger partial charge is 0.310 e. The Kier molecular flexibility index (Phi) is 5.49.